The maximum Gasteiger partial charge on any atom is 0.750 e. The van der Waals surface area contributed by atoms with Crippen molar-refractivity contribution < 1.29 is 18.8 Å². The van der Waals surface area contributed by atoms with Crippen molar-refractivity contribution in [2.45, 2.75) is 6.92 Å². The Kier molecular flexibility index (Phi) is 3.12. The number of benzene rings is 1. The van der Waals surface area contributed by atoms with Crippen LogP contribution in [0.2, 0.25) is 0 Å². The summed E-state index contributed by atoms with van der Waals surface area (Å²) in [6, 6.07) is 6.52. The summed E-state index contributed by atoms with van der Waals surface area (Å²) in [7, 11) is -2.87. The average Bonchev–Trinajstić information content (AvgIpc) is 2.04. The fraction of sp³-hybridized carbons (Fsp3) is 0.125. The van der Waals surface area contributed by atoms with E-state index in [0.29, 0.717) is 0 Å². The van der Waals surface area contributed by atoms with Crippen molar-refractivity contribution in [2.24, 2.45) is 0 Å². The molecule has 0 aromatic heterocycles. The van der Waals surface area contributed by atoms with Crippen molar-refractivity contribution in [2.75, 3.05) is 0 Å². The molecule has 0 fully saturated rings. The van der Waals surface area contributed by atoms with E-state index in [1.165, 1.54) is 12.1 Å². The van der Waals surface area contributed by atoms with E-state index < -0.39 is 14.2 Å². The van der Waals surface area contributed by atoms with Crippen LogP contribution in [0.3, 0.4) is 0 Å². The van der Waals surface area contributed by atoms with Crippen LogP contribution >= 0.6 is 8.25 Å². The van der Waals surface area contributed by atoms with E-state index in [1.807, 2.05) is 6.92 Å². The second-order valence-electron chi connectivity index (χ2n) is 2.48. The van der Waals surface area contributed by atoms with Gasteiger partial charge in [-0.25, -0.2) is 4.79 Å². The molecular weight excluding hydrogens is 191 g/mol. The highest BCUT2D eigenvalue weighted by atomic mass is 31.1. The molecule has 0 heterocycles. The van der Waals surface area contributed by atoms with Crippen molar-refractivity contribution in [3.63, 3.8) is 0 Å². The van der Waals surface area contributed by atoms with E-state index >= 15 is 0 Å². The van der Waals surface area contributed by atoms with Crippen molar-refractivity contribution in [3.05, 3.63) is 35.4 Å². The highest BCUT2D eigenvalue weighted by Crippen LogP contribution is 2.18. The van der Waals surface area contributed by atoms with Crippen LogP contribution in [0.4, 0.5) is 0 Å². The van der Waals surface area contributed by atoms with Gasteiger partial charge in [-0.3, -0.25) is 0 Å². The molecule has 0 radical (unpaired) electrons. The first-order valence-electron chi connectivity index (χ1n) is 3.54. The molecule has 0 amide bonds. The number of carbonyl (C=O) groups excluding carboxylic acids is 1. The SMILES string of the molecule is Cc1ccc(C(=O)O[P+](=O)O)cc1. The Morgan fingerprint density at radius 1 is 1.38 bits per heavy atom. The quantitative estimate of drug-likeness (QED) is 0.737. The monoisotopic (exact) mass is 199 g/mol. The summed E-state index contributed by atoms with van der Waals surface area (Å²) in [4.78, 5) is 19.3. The van der Waals surface area contributed by atoms with E-state index in [4.69, 9.17) is 4.89 Å². The van der Waals surface area contributed by atoms with Crippen molar-refractivity contribution in [1.29, 1.82) is 0 Å². The van der Waals surface area contributed by atoms with E-state index in [9.17, 15) is 9.36 Å². The Labute approximate surface area is 76.1 Å². The summed E-state index contributed by atoms with van der Waals surface area (Å²) in [5.41, 5.74) is 1.27. The maximum absolute atomic E-state index is 11.0. The molecule has 1 aromatic carbocycles. The fourth-order valence-corrected chi connectivity index (χ4v) is 1.06. The van der Waals surface area contributed by atoms with Gasteiger partial charge in [-0.05, 0) is 19.1 Å². The summed E-state index contributed by atoms with van der Waals surface area (Å²) in [5.74, 6) is -0.788. The second kappa shape index (κ2) is 4.12. The van der Waals surface area contributed by atoms with Crippen LogP contribution in [0.15, 0.2) is 24.3 Å². The van der Waals surface area contributed by atoms with Crippen LogP contribution in [0.25, 0.3) is 0 Å². The molecule has 68 valence electrons. The number of hydrogen-bond acceptors (Lipinski definition) is 3. The van der Waals surface area contributed by atoms with E-state index in [-0.39, 0.29) is 5.56 Å². The number of aryl methyl sites for hydroxylation is 1. The van der Waals surface area contributed by atoms with Crippen molar-refractivity contribution in [1.82, 2.24) is 0 Å². The van der Waals surface area contributed by atoms with E-state index in [2.05, 4.69) is 4.52 Å². The first kappa shape index (κ1) is 9.84. The van der Waals surface area contributed by atoms with Gasteiger partial charge in [0.25, 0.3) is 0 Å². The van der Waals surface area contributed by atoms with E-state index in [1.54, 1.807) is 12.1 Å². The zero-order valence-corrected chi connectivity index (χ0v) is 7.82. The zero-order chi connectivity index (χ0) is 9.84. The molecule has 0 saturated heterocycles. The molecule has 1 atom stereocenters. The normalized spacial score (nSPS) is 10.8. The lowest BCUT2D eigenvalue weighted by Crippen LogP contribution is -1.98. The largest absolute Gasteiger partial charge is 0.750 e. The lowest BCUT2D eigenvalue weighted by Gasteiger charge is -1.93. The standard InChI is InChI=1S/C8H7O4P/c1-6-2-4-7(5-3-6)8(9)12-13(10)11/h2-5H,1H3/p+1. The van der Waals surface area contributed by atoms with Gasteiger partial charge in [-0.2, -0.15) is 4.52 Å². The Hall–Kier alpha value is -1.25. The molecule has 13 heavy (non-hydrogen) atoms. The Morgan fingerprint density at radius 2 is 1.92 bits per heavy atom. The summed E-state index contributed by atoms with van der Waals surface area (Å²) in [6.45, 7) is 1.88. The van der Waals surface area contributed by atoms with Crippen molar-refractivity contribution in [3.8, 4) is 0 Å². The zero-order valence-electron chi connectivity index (χ0n) is 6.93. The average molecular weight is 199 g/mol. The Morgan fingerprint density at radius 3 is 2.38 bits per heavy atom. The third kappa shape index (κ3) is 2.93. The molecule has 0 aliphatic carbocycles. The van der Waals surface area contributed by atoms with Gasteiger partial charge >= 0.3 is 14.2 Å². The molecule has 0 spiro atoms. The van der Waals surface area contributed by atoms with Gasteiger partial charge in [-0.1, -0.05) is 17.7 Å². The Balaban J connectivity index is 2.78. The van der Waals surface area contributed by atoms with Gasteiger partial charge in [0.15, 0.2) is 0 Å². The summed E-state index contributed by atoms with van der Waals surface area (Å²) in [6.07, 6.45) is 0. The van der Waals surface area contributed by atoms with Gasteiger partial charge in [-0.15, -0.1) is 4.89 Å². The number of carbonyl (C=O) groups is 1. The molecule has 1 aromatic rings. The topological polar surface area (TPSA) is 63.6 Å². The third-order valence-electron chi connectivity index (χ3n) is 1.45. The van der Waals surface area contributed by atoms with Crippen LogP contribution in [0.5, 0.6) is 0 Å². The molecule has 1 N–H and O–H groups in total. The van der Waals surface area contributed by atoms with Crippen LogP contribution in [-0.4, -0.2) is 10.9 Å². The number of hydrogen-bond donors (Lipinski definition) is 1. The molecule has 0 bridgehead atoms. The summed E-state index contributed by atoms with van der Waals surface area (Å²) < 4.78 is 14.3. The Bertz CT molecular complexity index is 331. The predicted molar refractivity (Wildman–Crippen MR) is 46.4 cm³/mol. The minimum absolute atomic E-state index is 0.267. The van der Waals surface area contributed by atoms with Gasteiger partial charge in [0.1, 0.15) is 0 Å². The highest BCUT2D eigenvalue weighted by Gasteiger charge is 2.21. The van der Waals surface area contributed by atoms with E-state index in [0.717, 1.165) is 5.56 Å². The predicted octanol–water partition coefficient (Wildman–Crippen LogP) is 1.80. The molecule has 4 nitrogen and oxygen atoms in total. The summed E-state index contributed by atoms with van der Waals surface area (Å²) in [5, 5.41) is 0. The van der Waals surface area contributed by atoms with Crippen LogP contribution in [-0.2, 0) is 9.09 Å². The molecule has 0 aliphatic rings. The molecule has 1 unspecified atom stereocenters. The molecule has 0 saturated carbocycles. The minimum Gasteiger partial charge on any atom is -0.241 e. The van der Waals surface area contributed by atoms with Gasteiger partial charge in [0.05, 0.1) is 5.56 Å². The maximum atomic E-state index is 11.0. The van der Waals surface area contributed by atoms with Gasteiger partial charge in [0, 0.05) is 4.57 Å². The highest BCUT2D eigenvalue weighted by molar-refractivity contribution is 7.32. The van der Waals surface area contributed by atoms with Crippen LogP contribution in [0.1, 0.15) is 15.9 Å². The van der Waals surface area contributed by atoms with Crippen LogP contribution < -0.4 is 0 Å². The second-order valence-corrected chi connectivity index (χ2v) is 3.14. The molecule has 5 heteroatoms. The number of rotatable bonds is 2. The molecular formula is C8H8O4P+. The lowest BCUT2D eigenvalue weighted by molar-refractivity contribution is 0.0731. The summed E-state index contributed by atoms with van der Waals surface area (Å²) >= 11 is 0. The van der Waals surface area contributed by atoms with Crippen LogP contribution in [0, 0.1) is 6.92 Å². The van der Waals surface area contributed by atoms with Crippen molar-refractivity contribution >= 4 is 14.2 Å². The van der Waals surface area contributed by atoms with Gasteiger partial charge < -0.3 is 0 Å². The minimum atomic E-state index is -2.87. The first-order valence-corrected chi connectivity index (χ1v) is 4.68. The molecule has 0 aliphatic heterocycles. The smallest absolute Gasteiger partial charge is 0.241 e. The van der Waals surface area contributed by atoms with Gasteiger partial charge in [0.2, 0.25) is 0 Å². The first-order chi connectivity index (χ1) is 6.09. The third-order valence-corrected chi connectivity index (χ3v) is 1.77. The molecule has 1 rings (SSSR count). The fourth-order valence-electron chi connectivity index (χ4n) is 0.813. The lowest BCUT2D eigenvalue weighted by atomic mass is 10.2.